The molecule has 0 spiro atoms. The molecule has 0 aromatic heterocycles. The first-order chi connectivity index (χ1) is 8.60. The molecule has 1 heterocycles. The maximum atomic E-state index is 5.62. The van der Waals surface area contributed by atoms with Gasteiger partial charge in [0.15, 0.2) is 5.11 Å². The molecule has 0 radical (unpaired) electrons. The van der Waals surface area contributed by atoms with Crippen molar-refractivity contribution in [3.63, 3.8) is 0 Å². The van der Waals surface area contributed by atoms with Crippen molar-refractivity contribution in [2.24, 2.45) is 0 Å². The zero-order valence-electron chi connectivity index (χ0n) is 12.2. The lowest BCUT2D eigenvalue weighted by Gasteiger charge is -2.36. The normalized spacial score (nSPS) is 22.6. The molecule has 0 aromatic carbocycles. The molecule has 3 atom stereocenters. The summed E-state index contributed by atoms with van der Waals surface area (Å²) in [6.45, 7) is 10.7. The predicted molar refractivity (Wildman–Crippen MR) is 80.9 cm³/mol. The van der Waals surface area contributed by atoms with Gasteiger partial charge in [-0.3, -0.25) is 0 Å². The molecule has 0 aliphatic carbocycles. The summed E-state index contributed by atoms with van der Waals surface area (Å²) in [5, 5.41) is 4.27. The lowest BCUT2D eigenvalue weighted by Crippen LogP contribution is -2.50. The van der Waals surface area contributed by atoms with E-state index in [1.165, 1.54) is 6.42 Å². The van der Waals surface area contributed by atoms with Gasteiger partial charge in [-0.25, -0.2) is 0 Å². The Bertz CT molecular complexity index is 244. The predicted octanol–water partition coefficient (Wildman–Crippen LogP) is 2.94. The van der Waals surface area contributed by atoms with Gasteiger partial charge in [0, 0.05) is 25.2 Å². The molecule has 1 fully saturated rings. The first-order valence-corrected chi connectivity index (χ1v) is 7.68. The van der Waals surface area contributed by atoms with Crippen LogP contribution < -0.4 is 5.32 Å². The molecule has 1 aliphatic rings. The Hall–Kier alpha value is -0.350. The number of rotatable bonds is 6. The Morgan fingerprint density at radius 1 is 1.33 bits per heavy atom. The maximum absolute atomic E-state index is 5.62. The van der Waals surface area contributed by atoms with E-state index in [2.05, 4.69) is 37.9 Å². The van der Waals surface area contributed by atoms with Gasteiger partial charge in [-0.2, -0.15) is 0 Å². The fourth-order valence-corrected chi connectivity index (χ4v) is 2.77. The van der Waals surface area contributed by atoms with Crippen LogP contribution in [-0.4, -0.2) is 41.4 Å². The van der Waals surface area contributed by atoms with E-state index in [0.29, 0.717) is 18.2 Å². The van der Waals surface area contributed by atoms with Crippen LogP contribution in [0.15, 0.2) is 0 Å². The summed E-state index contributed by atoms with van der Waals surface area (Å²) in [6, 6.07) is 0.980. The van der Waals surface area contributed by atoms with Gasteiger partial charge < -0.3 is 15.0 Å². The summed E-state index contributed by atoms with van der Waals surface area (Å²) in [6.07, 6.45) is 4.92. The van der Waals surface area contributed by atoms with E-state index >= 15 is 0 Å². The van der Waals surface area contributed by atoms with Gasteiger partial charge in [-0.15, -0.1) is 0 Å². The second-order valence-corrected chi connectivity index (χ2v) is 5.63. The maximum Gasteiger partial charge on any atom is 0.169 e. The minimum Gasteiger partial charge on any atom is -0.376 e. The monoisotopic (exact) mass is 272 g/mol. The van der Waals surface area contributed by atoms with Crippen LogP contribution in [0.25, 0.3) is 0 Å². The lowest BCUT2D eigenvalue weighted by molar-refractivity contribution is 0.112. The van der Waals surface area contributed by atoms with Gasteiger partial charge in [0.25, 0.3) is 0 Å². The first-order valence-electron chi connectivity index (χ1n) is 7.27. The van der Waals surface area contributed by atoms with Crippen LogP contribution in [0.3, 0.4) is 0 Å². The Morgan fingerprint density at radius 2 is 1.94 bits per heavy atom. The molecule has 3 nitrogen and oxygen atoms in total. The van der Waals surface area contributed by atoms with Gasteiger partial charge in [0.1, 0.15) is 0 Å². The quantitative estimate of drug-likeness (QED) is 0.751. The van der Waals surface area contributed by atoms with Crippen molar-refractivity contribution in [2.75, 3.05) is 13.2 Å². The zero-order chi connectivity index (χ0) is 13.5. The average Bonchev–Trinajstić information content (AvgIpc) is 2.89. The number of nitrogens with zero attached hydrogens (tertiary/aromatic N) is 1. The van der Waals surface area contributed by atoms with Crippen LogP contribution in [0, 0.1) is 0 Å². The Kier molecular flexibility index (Phi) is 6.94. The highest BCUT2D eigenvalue weighted by Crippen LogP contribution is 2.14. The van der Waals surface area contributed by atoms with Crippen LogP contribution >= 0.6 is 12.2 Å². The topological polar surface area (TPSA) is 24.5 Å². The highest BCUT2D eigenvalue weighted by Gasteiger charge is 2.22. The molecule has 1 N–H and O–H groups in total. The minimum atomic E-state index is 0.346. The number of thiocarbonyl (C=S) groups is 1. The molecular formula is C14H28N2OS. The third-order valence-corrected chi connectivity index (χ3v) is 4.23. The standard InChI is InChI=1S/C14H28N2OS/c1-5-11(3)16(12(4)6-2)14(18)15-10-13-8-7-9-17-13/h11-13H,5-10H2,1-4H3,(H,15,18). The van der Waals surface area contributed by atoms with Gasteiger partial charge >= 0.3 is 0 Å². The average molecular weight is 272 g/mol. The Morgan fingerprint density at radius 3 is 2.39 bits per heavy atom. The van der Waals surface area contributed by atoms with Crippen molar-refractivity contribution < 1.29 is 4.74 Å². The van der Waals surface area contributed by atoms with Crippen molar-refractivity contribution in [3.8, 4) is 0 Å². The van der Waals surface area contributed by atoms with E-state index in [9.17, 15) is 0 Å². The van der Waals surface area contributed by atoms with Crippen molar-refractivity contribution in [3.05, 3.63) is 0 Å². The Labute approximate surface area is 117 Å². The molecule has 1 saturated heterocycles. The largest absolute Gasteiger partial charge is 0.376 e. The van der Waals surface area contributed by atoms with Crippen LogP contribution in [0.5, 0.6) is 0 Å². The number of hydrogen-bond donors (Lipinski definition) is 1. The Balaban J connectivity index is 2.47. The lowest BCUT2D eigenvalue weighted by atomic mass is 10.1. The second kappa shape index (κ2) is 7.95. The fourth-order valence-electron chi connectivity index (χ4n) is 2.33. The van der Waals surface area contributed by atoms with Gasteiger partial charge in [0.05, 0.1) is 6.10 Å². The van der Waals surface area contributed by atoms with Crippen molar-refractivity contribution >= 4 is 17.3 Å². The van der Waals surface area contributed by atoms with E-state index in [4.69, 9.17) is 17.0 Å². The minimum absolute atomic E-state index is 0.346. The summed E-state index contributed by atoms with van der Waals surface area (Å²) in [7, 11) is 0. The van der Waals surface area contributed by atoms with E-state index in [1.807, 2.05) is 0 Å². The summed E-state index contributed by atoms with van der Waals surface area (Å²) in [5.41, 5.74) is 0. The molecule has 0 amide bonds. The molecule has 3 unspecified atom stereocenters. The van der Waals surface area contributed by atoms with Crippen LogP contribution in [-0.2, 0) is 4.74 Å². The van der Waals surface area contributed by atoms with Gasteiger partial charge in [-0.1, -0.05) is 13.8 Å². The van der Waals surface area contributed by atoms with E-state index in [1.54, 1.807) is 0 Å². The molecule has 4 heteroatoms. The molecule has 1 rings (SSSR count). The number of ether oxygens (including phenoxy) is 1. The van der Waals surface area contributed by atoms with Crippen LogP contribution in [0.2, 0.25) is 0 Å². The van der Waals surface area contributed by atoms with Crippen LogP contribution in [0.1, 0.15) is 53.4 Å². The molecule has 1 aliphatic heterocycles. The first kappa shape index (κ1) is 15.7. The number of nitrogens with one attached hydrogen (secondary N) is 1. The summed E-state index contributed by atoms with van der Waals surface area (Å²) >= 11 is 5.55. The van der Waals surface area contributed by atoms with Crippen molar-refractivity contribution in [1.82, 2.24) is 10.2 Å². The van der Waals surface area contributed by atoms with E-state index < -0.39 is 0 Å². The van der Waals surface area contributed by atoms with Gasteiger partial charge in [0.2, 0.25) is 0 Å². The molecule has 0 saturated carbocycles. The van der Waals surface area contributed by atoms with Crippen LogP contribution in [0.4, 0.5) is 0 Å². The third-order valence-electron chi connectivity index (χ3n) is 3.87. The third kappa shape index (κ3) is 4.39. The van der Waals surface area contributed by atoms with Crippen molar-refractivity contribution in [1.29, 1.82) is 0 Å². The summed E-state index contributed by atoms with van der Waals surface area (Å²) < 4.78 is 5.62. The van der Waals surface area contributed by atoms with Crippen molar-refractivity contribution in [2.45, 2.75) is 71.6 Å². The number of hydrogen-bond acceptors (Lipinski definition) is 2. The molecule has 0 bridgehead atoms. The molecule has 18 heavy (non-hydrogen) atoms. The zero-order valence-corrected chi connectivity index (χ0v) is 13.1. The van der Waals surface area contributed by atoms with Gasteiger partial charge in [-0.05, 0) is 51.7 Å². The summed E-state index contributed by atoms with van der Waals surface area (Å²) in [5.74, 6) is 0. The molecule has 106 valence electrons. The fraction of sp³-hybridized carbons (Fsp3) is 0.929. The highest BCUT2D eigenvalue weighted by atomic mass is 32.1. The smallest absolute Gasteiger partial charge is 0.169 e. The molecular weight excluding hydrogens is 244 g/mol. The summed E-state index contributed by atoms with van der Waals surface area (Å²) in [4.78, 5) is 2.34. The SMILES string of the molecule is CCC(C)N(C(=S)NCC1CCCO1)C(C)CC. The van der Waals surface area contributed by atoms with E-state index in [-0.39, 0.29) is 0 Å². The second-order valence-electron chi connectivity index (χ2n) is 5.24. The highest BCUT2D eigenvalue weighted by molar-refractivity contribution is 7.80. The van der Waals surface area contributed by atoms with E-state index in [0.717, 1.165) is 37.5 Å². The molecule has 0 aromatic rings.